The molecular weight excluding hydrogens is 144 g/mol. The van der Waals surface area contributed by atoms with Crippen molar-refractivity contribution in [2.24, 2.45) is 17.8 Å². The van der Waals surface area contributed by atoms with E-state index in [9.17, 15) is 0 Å². The summed E-state index contributed by atoms with van der Waals surface area (Å²) in [6.07, 6.45) is 8.79. The van der Waals surface area contributed by atoms with Gasteiger partial charge in [-0.05, 0) is 37.0 Å². The summed E-state index contributed by atoms with van der Waals surface area (Å²) in [6, 6.07) is 0. The van der Waals surface area contributed by atoms with E-state index in [0.717, 1.165) is 17.8 Å². The first-order valence-corrected chi connectivity index (χ1v) is 5.76. The van der Waals surface area contributed by atoms with Crippen LogP contribution in [0.2, 0.25) is 0 Å². The van der Waals surface area contributed by atoms with Gasteiger partial charge in [-0.3, -0.25) is 0 Å². The molecular formula is C12H24. The van der Waals surface area contributed by atoms with Crippen molar-refractivity contribution in [1.29, 1.82) is 0 Å². The fourth-order valence-electron chi connectivity index (χ4n) is 2.88. The molecule has 0 aromatic carbocycles. The van der Waals surface area contributed by atoms with Gasteiger partial charge in [-0.1, -0.05) is 40.0 Å². The minimum atomic E-state index is 1.00. The van der Waals surface area contributed by atoms with E-state index in [4.69, 9.17) is 0 Å². The zero-order valence-corrected chi connectivity index (χ0v) is 8.97. The van der Waals surface area contributed by atoms with Crippen molar-refractivity contribution in [3.63, 3.8) is 0 Å². The van der Waals surface area contributed by atoms with Gasteiger partial charge in [-0.15, -0.1) is 0 Å². The lowest BCUT2D eigenvalue weighted by atomic mass is 9.73. The second-order valence-corrected chi connectivity index (χ2v) is 4.74. The smallest absolute Gasteiger partial charge is 0.0409 e. The van der Waals surface area contributed by atoms with Gasteiger partial charge in [0.25, 0.3) is 0 Å². The maximum absolute atomic E-state index is 2.44. The molecule has 1 fully saturated rings. The summed E-state index contributed by atoms with van der Waals surface area (Å²) >= 11 is 0. The molecule has 0 spiro atoms. The first kappa shape index (κ1) is 10.1. The molecule has 0 aromatic heterocycles. The van der Waals surface area contributed by atoms with Crippen molar-refractivity contribution in [3.05, 3.63) is 0 Å². The summed E-state index contributed by atoms with van der Waals surface area (Å²) in [5.74, 6) is 3.11. The lowest BCUT2D eigenvalue weighted by Crippen LogP contribution is -2.20. The van der Waals surface area contributed by atoms with Crippen LogP contribution in [0.5, 0.6) is 0 Å². The van der Waals surface area contributed by atoms with Crippen molar-refractivity contribution < 1.29 is 0 Å². The van der Waals surface area contributed by atoms with E-state index in [-0.39, 0.29) is 0 Å². The van der Waals surface area contributed by atoms with E-state index in [0.29, 0.717) is 0 Å². The van der Waals surface area contributed by atoms with Crippen LogP contribution in [0.1, 0.15) is 59.3 Å². The SMILES string of the molecule is CCCC1CC(C)CC(CC)C1. The summed E-state index contributed by atoms with van der Waals surface area (Å²) in [6.45, 7) is 7.11. The average molecular weight is 168 g/mol. The summed E-state index contributed by atoms with van der Waals surface area (Å²) in [4.78, 5) is 0. The monoisotopic (exact) mass is 168 g/mol. The Balaban J connectivity index is 2.34. The van der Waals surface area contributed by atoms with E-state index in [1.807, 2.05) is 0 Å². The predicted molar refractivity (Wildman–Crippen MR) is 55.2 cm³/mol. The molecule has 3 unspecified atom stereocenters. The van der Waals surface area contributed by atoms with Crippen LogP contribution in [0, 0.1) is 17.8 Å². The second kappa shape index (κ2) is 4.89. The Labute approximate surface area is 77.7 Å². The molecule has 0 aliphatic heterocycles. The first-order valence-electron chi connectivity index (χ1n) is 5.76. The summed E-state index contributed by atoms with van der Waals surface area (Å²) in [5, 5.41) is 0. The van der Waals surface area contributed by atoms with Crippen LogP contribution >= 0.6 is 0 Å². The fraction of sp³-hybridized carbons (Fsp3) is 1.00. The zero-order valence-electron chi connectivity index (χ0n) is 8.97. The summed E-state index contributed by atoms with van der Waals surface area (Å²) < 4.78 is 0. The van der Waals surface area contributed by atoms with Crippen LogP contribution in [-0.4, -0.2) is 0 Å². The largest absolute Gasteiger partial charge is 0.0654 e. The van der Waals surface area contributed by atoms with Crippen LogP contribution in [0.3, 0.4) is 0 Å². The van der Waals surface area contributed by atoms with Gasteiger partial charge >= 0.3 is 0 Å². The molecule has 12 heavy (non-hydrogen) atoms. The predicted octanol–water partition coefficient (Wildman–Crippen LogP) is 4.25. The highest BCUT2D eigenvalue weighted by atomic mass is 14.3. The summed E-state index contributed by atoms with van der Waals surface area (Å²) in [5.41, 5.74) is 0. The van der Waals surface area contributed by atoms with E-state index >= 15 is 0 Å². The average Bonchev–Trinajstić information content (AvgIpc) is 2.04. The third kappa shape index (κ3) is 2.80. The molecule has 0 amide bonds. The van der Waals surface area contributed by atoms with Gasteiger partial charge in [0, 0.05) is 0 Å². The van der Waals surface area contributed by atoms with E-state index in [1.54, 1.807) is 0 Å². The Morgan fingerprint density at radius 1 is 1.00 bits per heavy atom. The molecule has 0 heterocycles. The van der Waals surface area contributed by atoms with Gasteiger partial charge in [0.2, 0.25) is 0 Å². The van der Waals surface area contributed by atoms with Gasteiger partial charge < -0.3 is 0 Å². The quantitative estimate of drug-likeness (QED) is 0.591. The fourth-order valence-corrected chi connectivity index (χ4v) is 2.88. The Bertz CT molecular complexity index is 117. The van der Waals surface area contributed by atoms with Crippen LogP contribution in [0.15, 0.2) is 0 Å². The van der Waals surface area contributed by atoms with Crippen molar-refractivity contribution in [1.82, 2.24) is 0 Å². The highest BCUT2D eigenvalue weighted by Crippen LogP contribution is 2.36. The Kier molecular flexibility index (Phi) is 4.11. The van der Waals surface area contributed by atoms with E-state index in [2.05, 4.69) is 20.8 Å². The third-order valence-electron chi connectivity index (χ3n) is 3.41. The van der Waals surface area contributed by atoms with E-state index < -0.39 is 0 Å². The van der Waals surface area contributed by atoms with Gasteiger partial charge in [-0.2, -0.15) is 0 Å². The van der Waals surface area contributed by atoms with Crippen LogP contribution in [0.4, 0.5) is 0 Å². The molecule has 0 bridgehead atoms. The van der Waals surface area contributed by atoms with Gasteiger partial charge in [0.1, 0.15) is 0 Å². The maximum atomic E-state index is 2.44. The topological polar surface area (TPSA) is 0 Å². The number of rotatable bonds is 3. The Hall–Kier alpha value is 0. The number of hydrogen-bond donors (Lipinski definition) is 0. The normalized spacial score (nSPS) is 36.8. The molecule has 0 aromatic rings. The van der Waals surface area contributed by atoms with Gasteiger partial charge in [0.05, 0.1) is 0 Å². The second-order valence-electron chi connectivity index (χ2n) is 4.74. The third-order valence-corrected chi connectivity index (χ3v) is 3.41. The molecule has 0 nitrogen and oxygen atoms in total. The Morgan fingerprint density at radius 2 is 1.67 bits per heavy atom. The molecule has 0 heteroatoms. The molecule has 0 N–H and O–H groups in total. The van der Waals surface area contributed by atoms with Crippen molar-refractivity contribution in [3.8, 4) is 0 Å². The minimum Gasteiger partial charge on any atom is -0.0654 e. The molecule has 1 aliphatic rings. The van der Waals surface area contributed by atoms with E-state index in [1.165, 1.54) is 38.5 Å². The molecule has 0 radical (unpaired) electrons. The molecule has 72 valence electrons. The maximum Gasteiger partial charge on any atom is -0.0409 e. The van der Waals surface area contributed by atoms with Gasteiger partial charge in [-0.25, -0.2) is 0 Å². The number of hydrogen-bond acceptors (Lipinski definition) is 0. The molecule has 0 saturated heterocycles. The minimum absolute atomic E-state index is 1.00. The Morgan fingerprint density at radius 3 is 2.25 bits per heavy atom. The molecule has 1 rings (SSSR count). The van der Waals surface area contributed by atoms with Crippen LogP contribution in [0.25, 0.3) is 0 Å². The van der Waals surface area contributed by atoms with Crippen LogP contribution < -0.4 is 0 Å². The molecule has 1 aliphatic carbocycles. The molecule has 1 saturated carbocycles. The first-order chi connectivity index (χ1) is 5.76. The van der Waals surface area contributed by atoms with Crippen molar-refractivity contribution in [2.75, 3.05) is 0 Å². The van der Waals surface area contributed by atoms with Gasteiger partial charge in [0.15, 0.2) is 0 Å². The highest BCUT2D eigenvalue weighted by molar-refractivity contribution is 4.75. The lowest BCUT2D eigenvalue weighted by Gasteiger charge is -2.32. The highest BCUT2D eigenvalue weighted by Gasteiger charge is 2.24. The zero-order chi connectivity index (χ0) is 8.97. The van der Waals surface area contributed by atoms with Crippen LogP contribution in [-0.2, 0) is 0 Å². The lowest BCUT2D eigenvalue weighted by molar-refractivity contribution is 0.193. The summed E-state index contributed by atoms with van der Waals surface area (Å²) in [7, 11) is 0. The standard InChI is InChI=1S/C12H24/c1-4-6-12-8-10(3)7-11(5-2)9-12/h10-12H,4-9H2,1-3H3. The van der Waals surface area contributed by atoms with Crippen molar-refractivity contribution >= 4 is 0 Å². The molecule has 3 atom stereocenters. The van der Waals surface area contributed by atoms with Crippen molar-refractivity contribution in [2.45, 2.75) is 59.3 Å².